The molecule has 2 heteroatoms. The van der Waals surface area contributed by atoms with Gasteiger partial charge in [0.1, 0.15) is 0 Å². The lowest BCUT2D eigenvalue weighted by molar-refractivity contribution is 0.358. The van der Waals surface area contributed by atoms with Crippen LogP contribution in [0, 0.1) is 17.8 Å². The summed E-state index contributed by atoms with van der Waals surface area (Å²) >= 11 is 0. The lowest BCUT2D eigenvalue weighted by Gasteiger charge is -2.22. The van der Waals surface area contributed by atoms with Crippen molar-refractivity contribution in [1.29, 1.82) is 0 Å². The third-order valence-corrected chi connectivity index (χ3v) is 2.50. The zero-order valence-electron chi connectivity index (χ0n) is 8.53. The summed E-state index contributed by atoms with van der Waals surface area (Å²) in [6, 6.07) is 0. The van der Waals surface area contributed by atoms with Crippen molar-refractivity contribution >= 4 is 0 Å². The van der Waals surface area contributed by atoms with Crippen molar-refractivity contribution in [3.05, 3.63) is 0 Å². The van der Waals surface area contributed by atoms with Gasteiger partial charge in [-0.05, 0) is 45.3 Å². The van der Waals surface area contributed by atoms with Gasteiger partial charge in [-0.2, -0.15) is 0 Å². The van der Waals surface area contributed by atoms with Crippen LogP contribution in [0.4, 0.5) is 0 Å². The fourth-order valence-corrected chi connectivity index (χ4v) is 1.67. The van der Waals surface area contributed by atoms with Gasteiger partial charge in [0.15, 0.2) is 0 Å². The van der Waals surface area contributed by atoms with E-state index in [9.17, 15) is 0 Å². The lowest BCUT2D eigenvalue weighted by Crippen LogP contribution is -2.33. The Balaban J connectivity index is 1.94. The van der Waals surface area contributed by atoms with Gasteiger partial charge in [-0.1, -0.05) is 0 Å². The van der Waals surface area contributed by atoms with Gasteiger partial charge in [-0.15, -0.1) is 11.8 Å². The van der Waals surface area contributed by atoms with Gasteiger partial charge in [0.2, 0.25) is 0 Å². The second-order valence-electron chi connectivity index (χ2n) is 3.57. The Bertz CT molecular complexity index is 172. The standard InChI is InChI=1S/C11H20N2/c1-2-3-4-7-13-10-11-5-8-12-9-6-11/h11-13H,4-10H2,1H3. The van der Waals surface area contributed by atoms with Crippen LogP contribution < -0.4 is 10.6 Å². The average molecular weight is 180 g/mol. The van der Waals surface area contributed by atoms with E-state index in [4.69, 9.17) is 0 Å². The second kappa shape index (κ2) is 6.94. The Morgan fingerprint density at radius 2 is 2.15 bits per heavy atom. The van der Waals surface area contributed by atoms with E-state index in [1.807, 2.05) is 6.92 Å². The molecule has 1 saturated heterocycles. The van der Waals surface area contributed by atoms with Crippen molar-refractivity contribution < 1.29 is 0 Å². The molecule has 1 heterocycles. The maximum absolute atomic E-state index is 3.46. The van der Waals surface area contributed by atoms with Crippen LogP contribution >= 0.6 is 0 Å². The van der Waals surface area contributed by atoms with Gasteiger partial charge in [0.25, 0.3) is 0 Å². The molecule has 1 fully saturated rings. The summed E-state index contributed by atoms with van der Waals surface area (Å²) in [5.41, 5.74) is 0. The molecule has 1 aliphatic rings. The molecule has 0 spiro atoms. The van der Waals surface area contributed by atoms with Crippen LogP contribution in [0.25, 0.3) is 0 Å². The summed E-state index contributed by atoms with van der Waals surface area (Å²) < 4.78 is 0. The van der Waals surface area contributed by atoms with Crippen molar-refractivity contribution in [3.63, 3.8) is 0 Å². The number of nitrogens with one attached hydrogen (secondary N) is 2. The molecule has 2 N–H and O–H groups in total. The Labute approximate surface area is 81.5 Å². The van der Waals surface area contributed by atoms with Crippen molar-refractivity contribution in [3.8, 4) is 11.8 Å². The molecule has 74 valence electrons. The van der Waals surface area contributed by atoms with E-state index in [2.05, 4.69) is 22.5 Å². The number of hydrogen-bond donors (Lipinski definition) is 2. The van der Waals surface area contributed by atoms with Crippen molar-refractivity contribution in [2.75, 3.05) is 26.2 Å². The highest BCUT2D eigenvalue weighted by molar-refractivity contribution is 4.95. The average Bonchev–Trinajstić information content (AvgIpc) is 2.19. The maximum Gasteiger partial charge on any atom is 0.0214 e. The number of rotatable bonds is 4. The monoisotopic (exact) mass is 180 g/mol. The largest absolute Gasteiger partial charge is 0.317 e. The van der Waals surface area contributed by atoms with Crippen molar-refractivity contribution in [2.45, 2.75) is 26.2 Å². The molecule has 0 amide bonds. The normalized spacial score (nSPS) is 17.9. The molecule has 0 aromatic heterocycles. The van der Waals surface area contributed by atoms with E-state index in [0.29, 0.717) is 0 Å². The van der Waals surface area contributed by atoms with Gasteiger partial charge in [-0.25, -0.2) is 0 Å². The SMILES string of the molecule is CC#CCCNCC1CCNCC1. The molecule has 0 radical (unpaired) electrons. The van der Waals surface area contributed by atoms with Gasteiger partial charge in [0.05, 0.1) is 0 Å². The van der Waals surface area contributed by atoms with Gasteiger partial charge in [-0.3, -0.25) is 0 Å². The minimum absolute atomic E-state index is 0.885. The quantitative estimate of drug-likeness (QED) is 0.498. The molecule has 0 saturated carbocycles. The van der Waals surface area contributed by atoms with E-state index in [1.165, 1.54) is 32.5 Å². The van der Waals surface area contributed by atoms with Crippen LogP contribution in [0.15, 0.2) is 0 Å². The van der Waals surface area contributed by atoms with E-state index >= 15 is 0 Å². The van der Waals surface area contributed by atoms with Crippen LogP contribution in [0.1, 0.15) is 26.2 Å². The zero-order chi connectivity index (χ0) is 9.36. The summed E-state index contributed by atoms with van der Waals surface area (Å²) in [7, 11) is 0. The molecule has 0 aromatic rings. The first-order valence-corrected chi connectivity index (χ1v) is 5.24. The first-order chi connectivity index (χ1) is 6.43. The van der Waals surface area contributed by atoms with Crippen molar-refractivity contribution in [2.24, 2.45) is 5.92 Å². The summed E-state index contributed by atoms with van der Waals surface area (Å²) in [6.45, 7) is 6.51. The Morgan fingerprint density at radius 1 is 1.38 bits per heavy atom. The molecular weight excluding hydrogens is 160 g/mol. The zero-order valence-corrected chi connectivity index (χ0v) is 8.53. The van der Waals surface area contributed by atoms with Gasteiger partial charge >= 0.3 is 0 Å². The van der Waals surface area contributed by atoms with E-state index in [-0.39, 0.29) is 0 Å². The number of hydrogen-bond acceptors (Lipinski definition) is 2. The highest BCUT2D eigenvalue weighted by atomic mass is 14.9. The second-order valence-corrected chi connectivity index (χ2v) is 3.57. The Morgan fingerprint density at radius 3 is 2.85 bits per heavy atom. The third-order valence-electron chi connectivity index (χ3n) is 2.50. The summed E-state index contributed by atoms with van der Waals surface area (Å²) in [6.07, 6.45) is 3.64. The molecule has 1 aliphatic heterocycles. The van der Waals surface area contributed by atoms with E-state index in [1.54, 1.807) is 0 Å². The lowest BCUT2D eigenvalue weighted by atomic mass is 9.98. The van der Waals surface area contributed by atoms with E-state index < -0.39 is 0 Å². The topological polar surface area (TPSA) is 24.1 Å². The predicted octanol–water partition coefficient (Wildman–Crippen LogP) is 0.989. The Hall–Kier alpha value is -0.520. The predicted molar refractivity (Wildman–Crippen MR) is 56.5 cm³/mol. The highest BCUT2D eigenvalue weighted by Gasteiger charge is 2.11. The molecule has 1 rings (SSSR count). The van der Waals surface area contributed by atoms with Crippen molar-refractivity contribution in [1.82, 2.24) is 10.6 Å². The van der Waals surface area contributed by atoms with E-state index in [0.717, 1.165) is 18.9 Å². The third kappa shape index (κ3) is 4.92. The molecule has 0 unspecified atom stereocenters. The molecule has 0 aromatic carbocycles. The number of piperidine rings is 1. The molecule has 0 bridgehead atoms. The molecule has 2 nitrogen and oxygen atoms in total. The fourth-order valence-electron chi connectivity index (χ4n) is 1.67. The van der Waals surface area contributed by atoms with Crippen LogP contribution in [0.3, 0.4) is 0 Å². The highest BCUT2D eigenvalue weighted by Crippen LogP contribution is 2.09. The van der Waals surface area contributed by atoms with Crippen LogP contribution in [0.5, 0.6) is 0 Å². The minimum Gasteiger partial charge on any atom is -0.317 e. The van der Waals surface area contributed by atoms with Crippen LogP contribution in [0.2, 0.25) is 0 Å². The first kappa shape index (κ1) is 10.6. The molecular formula is C11H20N2. The van der Waals surface area contributed by atoms with Gasteiger partial charge in [0, 0.05) is 13.0 Å². The summed E-state index contributed by atoms with van der Waals surface area (Å²) in [4.78, 5) is 0. The summed E-state index contributed by atoms with van der Waals surface area (Å²) in [5, 5.41) is 6.83. The first-order valence-electron chi connectivity index (χ1n) is 5.24. The molecule has 0 atom stereocenters. The Kier molecular flexibility index (Phi) is 5.64. The molecule has 13 heavy (non-hydrogen) atoms. The molecule has 0 aliphatic carbocycles. The van der Waals surface area contributed by atoms with Crippen LogP contribution in [-0.4, -0.2) is 26.2 Å². The minimum atomic E-state index is 0.885. The maximum atomic E-state index is 3.46. The smallest absolute Gasteiger partial charge is 0.0214 e. The summed E-state index contributed by atoms with van der Waals surface area (Å²) in [5.74, 6) is 6.85. The fraction of sp³-hybridized carbons (Fsp3) is 0.818. The van der Waals surface area contributed by atoms with Crippen LogP contribution in [-0.2, 0) is 0 Å². The van der Waals surface area contributed by atoms with Gasteiger partial charge < -0.3 is 10.6 Å².